The molecule has 0 rings (SSSR count). The van der Waals surface area contributed by atoms with E-state index in [-0.39, 0.29) is 25.7 Å². The zero-order chi connectivity index (χ0) is 73.2. The number of esters is 4. The van der Waals surface area contributed by atoms with Crippen LogP contribution < -0.4 is 0 Å². The molecule has 0 bridgehead atoms. The monoisotopic (exact) mass is 1460 g/mol. The quantitative estimate of drug-likeness (QED) is 0.0169. The van der Waals surface area contributed by atoms with E-state index in [1.54, 1.807) is 0 Å². The third-order valence-corrected chi connectivity index (χ3v) is 19.7. The predicted octanol–water partition coefficient (Wildman–Crippen LogP) is 23.7. The first-order valence-corrected chi connectivity index (χ1v) is 43.9. The van der Waals surface area contributed by atoms with Crippen molar-refractivity contribution in [3.8, 4) is 0 Å². The molecule has 17 nitrogen and oxygen atoms in total. The number of ether oxygens (including phenoxy) is 4. The molecule has 3 N–H and O–H groups in total. The molecule has 0 saturated heterocycles. The normalized spacial score (nSPS) is 14.1. The van der Waals surface area contributed by atoms with E-state index in [0.29, 0.717) is 25.7 Å². The molecule has 0 aromatic rings. The van der Waals surface area contributed by atoms with Crippen molar-refractivity contribution in [2.75, 3.05) is 39.6 Å². The summed E-state index contributed by atoms with van der Waals surface area (Å²) in [6.07, 6.45) is 72.2. The Morgan fingerprint density at radius 2 is 0.520 bits per heavy atom. The molecular weight excluding hydrogens is 1310 g/mol. The molecule has 0 aliphatic heterocycles. The summed E-state index contributed by atoms with van der Waals surface area (Å²) in [7, 11) is -9.94. The number of unbranched alkanes of at least 4 members (excludes halogenated alkanes) is 44. The van der Waals surface area contributed by atoms with Crippen LogP contribution in [0.25, 0.3) is 0 Å². The lowest BCUT2D eigenvalue weighted by atomic mass is 10.0. The van der Waals surface area contributed by atoms with Crippen LogP contribution >= 0.6 is 15.6 Å². The van der Waals surface area contributed by atoms with Gasteiger partial charge >= 0.3 is 39.5 Å². The maximum Gasteiger partial charge on any atom is 0.472 e. The molecule has 5 unspecified atom stereocenters. The Bertz CT molecular complexity index is 2080. The Hall–Kier alpha value is -2.98. The molecule has 0 aromatic carbocycles. The first kappa shape index (κ1) is 97.0. The molecule has 19 heteroatoms. The molecule has 0 spiro atoms. The van der Waals surface area contributed by atoms with Crippen molar-refractivity contribution < 1.29 is 80.2 Å². The van der Waals surface area contributed by atoms with E-state index in [2.05, 4.69) is 76.3 Å². The number of aliphatic hydroxyl groups excluding tert-OH is 1. The summed E-state index contributed by atoms with van der Waals surface area (Å²) in [5, 5.41) is 10.6. The Balaban J connectivity index is 5.30. The zero-order valence-electron chi connectivity index (χ0n) is 64.1. The topological polar surface area (TPSA) is 237 Å². The van der Waals surface area contributed by atoms with E-state index in [4.69, 9.17) is 37.0 Å². The highest BCUT2D eigenvalue weighted by molar-refractivity contribution is 7.47. The zero-order valence-corrected chi connectivity index (χ0v) is 65.9. The van der Waals surface area contributed by atoms with Gasteiger partial charge in [-0.15, -0.1) is 0 Å². The van der Waals surface area contributed by atoms with Gasteiger partial charge in [0.25, 0.3) is 0 Å². The first-order chi connectivity index (χ1) is 48.7. The van der Waals surface area contributed by atoms with Crippen LogP contribution in [-0.4, -0.2) is 96.7 Å². The second-order valence-corrected chi connectivity index (χ2v) is 30.6. The summed E-state index contributed by atoms with van der Waals surface area (Å²) in [6, 6.07) is 0. The fourth-order valence-corrected chi connectivity index (χ4v) is 13.2. The largest absolute Gasteiger partial charge is 0.472 e. The highest BCUT2D eigenvalue weighted by Gasteiger charge is 2.30. The van der Waals surface area contributed by atoms with Gasteiger partial charge in [-0.05, 0) is 83.5 Å². The number of phosphoric acid groups is 2. The summed E-state index contributed by atoms with van der Waals surface area (Å²) in [5.41, 5.74) is 0. The van der Waals surface area contributed by atoms with Gasteiger partial charge in [-0.25, -0.2) is 9.13 Å². The van der Waals surface area contributed by atoms with Crippen LogP contribution in [0.4, 0.5) is 0 Å². The van der Waals surface area contributed by atoms with Gasteiger partial charge in [-0.3, -0.25) is 37.3 Å². The third-order valence-electron chi connectivity index (χ3n) is 17.8. The van der Waals surface area contributed by atoms with Gasteiger partial charge in [-0.2, -0.15) is 0 Å². The number of allylic oxidation sites excluding steroid dienone is 8. The molecule has 0 saturated carbocycles. The molecule has 0 aliphatic rings. The lowest BCUT2D eigenvalue weighted by molar-refractivity contribution is -0.161. The predicted molar refractivity (Wildman–Crippen MR) is 409 cm³/mol. The number of hydrogen-bond acceptors (Lipinski definition) is 15. The van der Waals surface area contributed by atoms with E-state index in [1.165, 1.54) is 154 Å². The molecule has 0 aliphatic carbocycles. The van der Waals surface area contributed by atoms with E-state index in [0.717, 1.165) is 154 Å². The fraction of sp³-hybridized carbons (Fsp3) is 0.852. The van der Waals surface area contributed by atoms with Gasteiger partial charge in [0, 0.05) is 25.7 Å². The average Bonchev–Trinajstić information content (AvgIpc) is 0.965. The highest BCUT2D eigenvalue weighted by Crippen LogP contribution is 2.45. The summed E-state index contributed by atoms with van der Waals surface area (Å²) in [4.78, 5) is 73.0. The van der Waals surface area contributed by atoms with Gasteiger partial charge in [-0.1, -0.05) is 327 Å². The van der Waals surface area contributed by atoms with Crippen molar-refractivity contribution in [1.29, 1.82) is 0 Å². The second kappa shape index (κ2) is 74.3. The highest BCUT2D eigenvalue weighted by atomic mass is 31.2. The van der Waals surface area contributed by atoms with Crippen LogP contribution in [0.3, 0.4) is 0 Å². The van der Waals surface area contributed by atoms with Gasteiger partial charge < -0.3 is 33.8 Å². The fourth-order valence-electron chi connectivity index (χ4n) is 11.6. The second-order valence-electron chi connectivity index (χ2n) is 27.7. The summed E-state index contributed by atoms with van der Waals surface area (Å²) >= 11 is 0. The molecule has 0 radical (unpaired) electrons. The number of carbonyl (C=O) groups is 4. The van der Waals surface area contributed by atoms with Crippen LogP contribution in [0, 0.1) is 0 Å². The van der Waals surface area contributed by atoms with E-state index >= 15 is 0 Å². The van der Waals surface area contributed by atoms with Crippen molar-refractivity contribution >= 4 is 39.5 Å². The molecule has 0 fully saturated rings. The van der Waals surface area contributed by atoms with Crippen LogP contribution in [0.15, 0.2) is 48.6 Å². The summed E-state index contributed by atoms with van der Waals surface area (Å²) in [6.45, 7) is 4.84. The summed E-state index contributed by atoms with van der Waals surface area (Å²) < 4.78 is 68.7. The molecule has 586 valence electrons. The lowest BCUT2D eigenvalue weighted by Gasteiger charge is -2.21. The molecule has 0 heterocycles. The summed E-state index contributed by atoms with van der Waals surface area (Å²) in [5.74, 6) is -2.15. The Kier molecular flexibility index (Phi) is 72.1. The van der Waals surface area contributed by atoms with Gasteiger partial charge in [0.05, 0.1) is 26.4 Å². The Labute approximate surface area is 610 Å². The lowest BCUT2D eigenvalue weighted by Crippen LogP contribution is -2.30. The van der Waals surface area contributed by atoms with Crippen molar-refractivity contribution in [3.63, 3.8) is 0 Å². The molecule has 100 heavy (non-hydrogen) atoms. The van der Waals surface area contributed by atoms with Crippen LogP contribution in [0.1, 0.15) is 387 Å². The minimum atomic E-state index is -4.97. The third kappa shape index (κ3) is 73.3. The van der Waals surface area contributed by atoms with E-state index < -0.39 is 97.5 Å². The minimum Gasteiger partial charge on any atom is -0.462 e. The van der Waals surface area contributed by atoms with E-state index in [1.807, 2.05) is 0 Å². The maximum atomic E-state index is 13.1. The molecule has 5 atom stereocenters. The van der Waals surface area contributed by atoms with Crippen LogP contribution in [0.5, 0.6) is 0 Å². The van der Waals surface area contributed by atoms with Gasteiger partial charge in [0.1, 0.15) is 19.3 Å². The molecule has 0 amide bonds. The van der Waals surface area contributed by atoms with Crippen LogP contribution in [0.2, 0.25) is 0 Å². The van der Waals surface area contributed by atoms with Gasteiger partial charge in [0.2, 0.25) is 0 Å². The van der Waals surface area contributed by atoms with Crippen molar-refractivity contribution in [2.24, 2.45) is 0 Å². The maximum absolute atomic E-state index is 13.1. The minimum absolute atomic E-state index is 0.100. The van der Waals surface area contributed by atoms with Crippen molar-refractivity contribution in [3.05, 3.63) is 48.6 Å². The van der Waals surface area contributed by atoms with E-state index in [9.17, 15) is 43.2 Å². The van der Waals surface area contributed by atoms with Gasteiger partial charge in [0.15, 0.2) is 12.2 Å². The van der Waals surface area contributed by atoms with Crippen molar-refractivity contribution in [1.82, 2.24) is 0 Å². The Morgan fingerprint density at radius 3 is 0.810 bits per heavy atom. The molecular formula is C81H150O17P2. The smallest absolute Gasteiger partial charge is 0.462 e. The Morgan fingerprint density at radius 1 is 0.290 bits per heavy atom. The molecule has 0 aromatic heterocycles. The number of carbonyl (C=O) groups excluding carboxylic acids is 4. The van der Waals surface area contributed by atoms with Crippen molar-refractivity contribution in [2.45, 2.75) is 406 Å². The average molecular weight is 1460 g/mol. The van der Waals surface area contributed by atoms with Crippen LogP contribution in [-0.2, 0) is 65.4 Å². The SMILES string of the molecule is CC/C=C\C/C=C\C/C=C\CCCCCCCCCC(=O)OCC(COP(=O)(O)OCC(O)COP(=O)(O)OCC(COC(=O)CCCCCCC/C=C\CCCCCCCC)OC(=O)CCCCCCCCCCCCCCCCC)OC(=O)CCCCCCCCCCCCCCC. The number of rotatable bonds is 78. The number of hydrogen-bond donors (Lipinski definition) is 3. The number of phosphoric ester groups is 2. The standard InChI is InChI=1S/C81H150O17P2/c1-5-9-13-17-21-25-29-33-36-37-40-43-46-50-54-58-62-66-79(84)92-71-76(97-80(85)67-63-59-55-51-47-41-32-28-24-20-16-12-8-4)73-95-99(87,88)93-69-75(82)70-94-100(89,90)96-74-77(98-81(86)68-64-60-56-52-48-44-39-35-31-27-23-19-15-11-7-3)72-91-78(83)65-61-57-53-49-45-42-38-34-30-26-22-18-14-10-6-2/h9,13,21,25,33-34,36,38,75-77,82H,5-8,10-12,14-20,22-24,26-32,35,37,39-74H2,1-4H3,(H,87,88)(H,89,90)/b13-9-,25-21-,36-33-,38-34-. The first-order valence-electron chi connectivity index (χ1n) is 40.9. The number of aliphatic hydroxyl groups is 1.